The van der Waals surface area contributed by atoms with Crippen LogP contribution in [0.1, 0.15) is 111 Å². The second kappa shape index (κ2) is 48.1. The molecule has 0 spiro atoms. The number of aliphatic hydroxyl groups excluding tert-OH is 1. The van der Waals surface area contributed by atoms with E-state index in [4.69, 9.17) is 28.3 Å². The minimum atomic E-state index is -1.97. The minimum Gasteiger partial charge on any atom is -0.481 e. The Hall–Kier alpha value is -12.5. The van der Waals surface area contributed by atoms with E-state index in [0.717, 1.165) is 0 Å². The van der Waals surface area contributed by atoms with Crippen LogP contribution in [0.2, 0.25) is 0 Å². The molecule has 29 N–H and O–H groups in total. The van der Waals surface area contributed by atoms with E-state index in [1.807, 2.05) is 0 Å². The van der Waals surface area contributed by atoms with E-state index >= 15 is 0 Å². The Labute approximate surface area is 682 Å². The number of rotatable bonds is 51. The second-order valence-electron chi connectivity index (χ2n) is 28.7. The molecule has 2 aromatic heterocycles. The summed E-state index contributed by atoms with van der Waals surface area (Å²) in [5.41, 5.74) is 24.7. The number of thioether (sulfide) groups is 1. The largest absolute Gasteiger partial charge is 0.481 e. The van der Waals surface area contributed by atoms with E-state index in [1.165, 1.54) is 25.6 Å². The maximum absolute atomic E-state index is 14.7. The Morgan fingerprint density at radius 3 is 1.28 bits per heavy atom. The third-order valence-corrected chi connectivity index (χ3v) is 19.3. The van der Waals surface area contributed by atoms with Gasteiger partial charge in [0.25, 0.3) is 0 Å². The van der Waals surface area contributed by atoms with Crippen molar-refractivity contribution in [3.05, 3.63) is 72.1 Å². The zero-order chi connectivity index (χ0) is 88.4. The van der Waals surface area contributed by atoms with Gasteiger partial charge in [0.15, 0.2) is 5.96 Å². The number of carbonyl (C=O) groups is 18. The predicted octanol–water partition coefficient (Wildman–Crippen LogP) is -6.47. The number of aromatic amines is 2. The number of nitrogens with two attached hydrogens (primary N) is 4. The molecule has 0 aliphatic rings. The Balaban J connectivity index is 1.45. The average Bonchev–Trinajstić information content (AvgIpc) is 1.71. The molecule has 0 fully saturated rings. The van der Waals surface area contributed by atoms with Crippen molar-refractivity contribution in [2.24, 2.45) is 40.7 Å². The molecule has 4 rings (SSSR count). The summed E-state index contributed by atoms with van der Waals surface area (Å²) in [6, 6.07) is -5.97. The van der Waals surface area contributed by atoms with Gasteiger partial charge < -0.3 is 128 Å². The lowest BCUT2D eigenvalue weighted by Crippen LogP contribution is -2.61. The molecule has 2 heterocycles. The smallest absolute Gasteiger partial charge is 0.326 e. The normalized spacial score (nSPS) is 14.7. The summed E-state index contributed by atoms with van der Waals surface area (Å²) < 4.78 is 0. The third kappa shape index (κ3) is 32.0. The number of hydrogen-bond acceptors (Lipinski definition) is 22. The lowest BCUT2D eigenvalue weighted by atomic mass is 9.97. The minimum absolute atomic E-state index is 0.0852. The molecule has 648 valence electrons. The number of primary amides is 2. The summed E-state index contributed by atoms with van der Waals surface area (Å²) in [6.45, 7) is 9.38. The van der Waals surface area contributed by atoms with Crippen molar-refractivity contribution >= 4 is 146 Å². The summed E-state index contributed by atoms with van der Waals surface area (Å²) in [5.74, 6) is -21.5. The van der Waals surface area contributed by atoms with E-state index < -0.39 is 236 Å². The highest BCUT2D eigenvalue weighted by Crippen LogP contribution is 2.22. The topological polar surface area (TPSA) is 708 Å². The van der Waals surface area contributed by atoms with Crippen LogP contribution in [0.5, 0.6) is 0 Å². The molecule has 118 heavy (non-hydrogen) atoms. The maximum atomic E-state index is 14.7. The molecule has 0 saturated heterocycles. The molecule has 43 nitrogen and oxygen atoms in total. The lowest BCUT2D eigenvalue weighted by molar-refractivity contribution is -0.142. The number of carboxylic acids is 2. The third-order valence-electron chi connectivity index (χ3n) is 18.7. The second-order valence-corrected chi connectivity index (χ2v) is 29.7. The highest BCUT2D eigenvalue weighted by Gasteiger charge is 2.38. The van der Waals surface area contributed by atoms with Crippen molar-refractivity contribution in [1.29, 1.82) is 5.41 Å². The number of nitrogens with one attached hydrogen (secondary N) is 18. The zero-order valence-electron chi connectivity index (χ0n) is 66.8. The summed E-state index contributed by atoms with van der Waals surface area (Å²) in [5, 5.41) is 74.2. The molecule has 44 heteroatoms. The summed E-state index contributed by atoms with van der Waals surface area (Å²) in [6.07, 6.45) is 2.05. The fourth-order valence-electron chi connectivity index (χ4n) is 11.7. The standard InChI is InChI=1S/C74H110N22O21S/c1-10-36(6)58(77)70(113)96-60(35(4)5)72(115)94-52(33-97)69(112)93-51(28-57(102)103)64(107)84-32-56(101)88-49(26-53(75)98)63(106)83-31-55(100)87-45(21-23-118-9)65(108)92-50(27-54(76)99)66(109)85-37(7)61(104)91-48(25-40-30-82-44-19-14-12-17-42(40)44)68(111)95-59(34(2)3)71(114)86-38(8)62(105)90-47(24-39-29-81-43-18-13-11-16-41(39)43)67(110)89-46(73(116)117)20-15-22-80-74(78)79/h11-14,16-19,29-30,34-38,45-52,58-60,81-82,97H,10,15,20-28,31-33,77H2,1-9H3,(H2,75,98)(H2,76,99)(H,83,106)(H,84,107)(H,85,109)(H,86,114)(H,87,100)(H,88,101)(H,89,110)(H,90,105)(H,91,104)(H,92,108)(H,93,112)(H,94,115)(H,95,111)(H,96,113)(H,102,103)(H,116,117)(H4,78,79,80)/t36-,37-,38-,45-,46-,47-,48-,49-,50-,51-,52-,58-,59-,60-/m0/s1. The first kappa shape index (κ1) is 97.9. The molecule has 0 saturated carbocycles. The van der Waals surface area contributed by atoms with Crippen LogP contribution in [0.3, 0.4) is 0 Å². The summed E-state index contributed by atoms with van der Waals surface area (Å²) >= 11 is 1.21. The van der Waals surface area contributed by atoms with Gasteiger partial charge in [-0.15, -0.1) is 0 Å². The maximum Gasteiger partial charge on any atom is 0.326 e. The number of aliphatic hydroxyl groups is 1. The van der Waals surface area contributed by atoms with Gasteiger partial charge >= 0.3 is 11.9 Å². The van der Waals surface area contributed by atoms with Crippen molar-refractivity contribution in [2.45, 2.75) is 192 Å². The molecular formula is C74H110N22O21S. The van der Waals surface area contributed by atoms with Crippen molar-refractivity contribution < 1.29 is 102 Å². The first-order valence-corrected chi connectivity index (χ1v) is 39.2. The van der Waals surface area contributed by atoms with Gasteiger partial charge in [-0.1, -0.05) is 84.4 Å². The highest BCUT2D eigenvalue weighted by atomic mass is 32.2. The Kier molecular flexibility index (Phi) is 39.9. The van der Waals surface area contributed by atoms with Gasteiger partial charge in [-0.3, -0.25) is 86.9 Å². The van der Waals surface area contributed by atoms with Crippen LogP contribution < -0.4 is 103 Å². The number of hydrogen-bond donors (Lipinski definition) is 25. The van der Waals surface area contributed by atoms with Crippen molar-refractivity contribution in [1.82, 2.24) is 89.7 Å². The molecule has 0 bridgehead atoms. The molecule has 4 aromatic rings. The number of carboxylic acid groups (broad SMARTS) is 2. The number of amides is 16. The quantitative estimate of drug-likeness (QED) is 0.0111. The van der Waals surface area contributed by atoms with Crippen LogP contribution in [-0.2, 0) is 99.1 Å². The zero-order valence-corrected chi connectivity index (χ0v) is 67.6. The van der Waals surface area contributed by atoms with Crippen LogP contribution in [0.4, 0.5) is 0 Å². The lowest BCUT2D eigenvalue weighted by Gasteiger charge is -2.28. The number of para-hydroxylation sites is 2. The van der Waals surface area contributed by atoms with E-state index in [2.05, 4.69) is 89.7 Å². The Bertz CT molecular complexity index is 4270. The Morgan fingerprint density at radius 1 is 0.449 bits per heavy atom. The monoisotopic (exact) mass is 1670 g/mol. The van der Waals surface area contributed by atoms with E-state index in [0.29, 0.717) is 39.4 Å². The number of aliphatic carboxylic acids is 2. The fourth-order valence-corrected chi connectivity index (χ4v) is 12.2. The number of H-pyrrole nitrogens is 2. The molecule has 0 unspecified atom stereocenters. The van der Waals surface area contributed by atoms with E-state index in [9.17, 15) is 102 Å². The Morgan fingerprint density at radius 2 is 0.839 bits per heavy atom. The average molecular weight is 1680 g/mol. The van der Waals surface area contributed by atoms with Gasteiger partial charge in [-0.05, 0) is 86.1 Å². The van der Waals surface area contributed by atoms with Gasteiger partial charge in [0, 0.05) is 53.6 Å². The molecule has 14 atom stereocenters. The first-order chi connectivity index (χ1) is 55.6. The van der Waals surface area contributed by atoms with Gasteiger partial charge in [0.2, 0.25) is 94.5 Å². The van der Waals surface area contributed by atoms with Crippen molar-refractivity contribution in [2.75, 3.05) is 38.2 Å². The first-order valence-electron chi connectivity index (χ1n) is 37.8. The van der Waals surface area contributed by atoms with Crippen LogP contribution in [0.25, 0.3) is 21.8 Å². The van der Waals surface area contributed by atoms with Crippen LogP contribution in [-0.4, -0.2) is 254 Å². The number of fused-ring (bicyclic) bond motifs is 2. The molecule has 0 aliphatic heterocycles. The molecule has 0 radical (unpaired) electrons. The molecule has 16 amide bonds. The molecule has 2 aromatic carbocycles. The van der Waals surface area contributed by atoms with Crippen molar-refractivity contribution in [3.8, 4) is 0 Å². The number of carbonyl (C=O) groups excluding carboxylic acids is 16. The number of guanidine groups is 1. The molecular weight excluding hydrogens is 1570 g/mol. The van der Waals surface area contributed by atoms with E-state index in [1.54, 1.807) is 109 Å². The summed E-state index contributed by atoms with van der Waals surface area (Å²) in [4.78, 5) is 247. The number of benzene rings is 2. The van der Waals surface area contributed by atoms with Crippen LogP contribution in [0, 0.1) is 23.2 Å². The van der Waals surface area contributed by atoms with E-state index in [-0.39, 0.29) is 56.3 Å². The van der Waals surface area contributed by atoms with Gasteiger partial charge in [0.1, 0.15) is 72.5 Å². The SMILES string of the molecule is CC[C@H](C)[C@H](N)C(=O)N[C@H](C(=O)N[C@@H](CO)C(=O)N[C@@H](CC(=O)O)C(=O)NCC(=O)N[C@@H](CC(N)=O)C(=O)NCC(=O)N[C@@H](CCSC)C(=O)N[C@@H](CC(N)=O)C(=O)N[C@@H](C)C(=O)N[C@@H](Cc1c[nH]c2ccccc12)C(=O)N[C@H](C(=O)N[C@@H](C)C(=O)N[C@@H](Cc1c[nH]c2ccccc12)C(=O)N[C@@H](CCCNC(=N)N)C(=O)O)C(C)C)C(C)C. The van der Waals surface area contributed by atoms with Crippen LogP contribution >= 0.6 is 11.8 Å². The van der Waals surface area contributed by atoms with Gasteiger partial charge in [-0.25, -0.2) is 4.79 Å². The van der Waals surface area contributed by atoms with Crippen molar-refractivity contribution in [3.63, 3.8) is 0 Å². The van der Waals surface area contributed by atoms with Crippen LogP contribution in [0.15, 0.2) is 60.9 Å². The van der Waals surface area contributed by atoms with Gasteiger partial charge in [-0.2, -0.15) is 11.8 Å². The van der Waals surface area contributed by atoms with Gasteiger partial charge in [0.05, 0.1) is 45.0 Å². The predicted molar refractivity (Wildman–Crippen MR) is 428 cm³/mol. The highest BCUT2D eigenvalue weighted by molar-refractivity contribution is 7.98. The fraction of sp³-hybridized carbons (Fsp3) is 0.527. The molecule has 0 aliphatic carbocycles. The summed E-state index contributed by atoms with van der Waals surface area (Å²) in [7, 11) is 0. The number of aromatic nitrogens is 2.